The Hall–Kier alpha value is -1.79. The van der Waals surface area contributed by atoms with Crippen LogP contribution in [0.15, 0.2) is 4.99 Å². The number of amides is 3. The summed E-state index contributed by atoms with van der Waals surface area (Å²) in [4.78, 5) is 31.1. The minimum Gasteiger partial charge on any atom is -0.448 e. The SMILES string of the molecule is CCCCCCOC(=O)/N=C(/N(C)C)N(C)C(=O)NC1CCCC1. The van der Waals surface area contributed by atoms with Gasteiger partial charge in [-0.1, -0.05) is 39.0 Å². The first-order valence-corrected chi connectivity index (χ1v) is 8.92. The van der Waals surface area contributed by atoms with Crippen molar-refractivity contribution in [1.29, 1.82) is 0 Å². The van der Waals surface area contributed by atoms with Gasteiger partial charge in [-0.05, 0) is 19.3 Å². The summed E-state index contributed by atoms with van der Waals surface area (Å²) in [6.45, 7) is 2.49. The van der Waals surface area contributed by atoms with E-state index in [4.69, 9.17) is 4.74 Å². The lowest BCUT2D eigenvalue weighted by Crippen LogP contribution is -2.49. The quantitative estimate of drug-likeness (QED) is 0.458. The van der Waals surface area contributed by atoms with Crippen molar-refractivity contribution in [2.45, 2.75) is 64.3 Å². The molecular formula is C17H32N4O3. The summed E-state index contributed by atoms with van der Waals surface area (Å²) in [6, 6.07) is -0.0287. The summed E-state index contributed by atoms with van der Waals surface area (Å²) in [5.41, 5.74) is 0. The molecule has 0 bridgehead atoms. The molecule has 138 valence electrons. The molecule has 1 rings (SSSR count). The van der Waals surface area contributed by atoms with E-state index in [9.17, 15) is 9.59 Å². The second-order valence-electron chi connectivity index (χ2n) is 6.47. The molecule has 7 heteroatoms. The van der Waals surface area contributed by atoms with Gasteiger partial charge in [0.15, 0.2) is 0 Å². The zero-order valence-electron chi connectivity index (χ0n) is 15.5. The van der Waals surface area contributed by atoms with Gasteiger partial charge < -0.3 is 15.0 Å². The van der Waals surface area contributed by atoms with E-state index in [1.54, 1.807) is 26.0 Å². The third-order valence-electron chi connectivity index (χ3n) is 4.10. The molecular weight excluding hydrogens is 308 g/mol. The summed E-state index contributed by atoms with van der Waals surface area (Å²) in [5, 5.41) is 2.98. The lowest BCUT2D eigenvalue weighted by Gasteiger charge is -2.26. The zero-order valence-corrected chi connectivity index (χ0v) is 15.5. The molecule has 0 radical (unpaired) electrons. The molecule has 24 heavy (non-hydrogen) atoms. The number of aliphatic imine (C=N–C) groups is 1. The molecule has 0 aromatic carbocycles. The van der Waals surface area contributed by atoms with Crippen LogP contribution in [0.5, 0.6) is 0 Å². The first kappa shape index (κ1) is 20.3. The third-order valence-corrected chi connectivity index (χ3v) is 4.10. The highest BCUT2D eigenvalue weighted by Gasteiger charge is 2.23. The molecule has 0 spiro atoms. The molecule has 0 atom stereocenters. The van der Waals surface area contributed by atoms with E-state index in [2.05, 4.69) is 17.2 Å². The zero-order chi connectivity index (χ0) is 17.9. The predicted octanol–water partition coefficient (Wildman–Crippen LogP) is 3.20. The number of hydrogen-bond acceptors (Lipinski definition) is 3. The average molecular weight is 340 g/mol. The van der Waals surface area contributed by atoms with Gasteiger partial charge in [0.1, 0.15) is 0 Å². The Balaban J connectivity index is 2.53. The van der Waals surface area contributed by atoms with Gasteiger partial charge in [0.05, 0.1) is 6.61 Å². The highest BCUT2D eigenvalue weighted by molar-refractivity contribution is 5.99. The van der Waals surface area contributed by atoms with Gasteiger partial charge in [-0.3, -0.25) is 4.90 Å². The lowest BCUT2D eigenvalue weighted by atomic mass is 10.2. The molecule has 0 heterocycles. The maximum absolute atomic E-state index is 12.3. The van der Waals surface area contributed by atoms with Gasteiger partial charge in [0.25, 0.3) is 0 Å². The summed E-state index contributed by atoms with van der Waals surface area (Å²) in [6.07, 6.45) is 7.80. The topological polar surface area (TPSA) is 74.2 Å². The number of ether oxygens (including phenoxy) is 1. The fourth-order valence-corrected chi connectivity index (χ4v) is 2.71. The van der Waals surface area contributed by atoms with Crippen molar-refractivity contribution in [3.8, 4) is 0 Å². The monoisotopic (exact) mass is 340 g/mol. The summed E-state index contributed by atoms with van der Waals surface area (Å²) in [7, 11) is 5.09. The van der Waals surface area contributed by atoms with Crippen molar-refractivity contribution in [1.82, 2.24) is 15.1 Å². The Morgan fingerprint density at radius 3 is 2.38 bits per heavy atom. The Bertz CT molecular complexity index is 432. The van der Waals surface area contributed by atoms with Gasteiger partial charge >= 0.3 is 12.1 Å². The number of guanidine groups is 1. The maximum Gasteiger partial charge on any atom is 0.436 e. The maximum atomic E-state index is 12.3. The highest BCUT2D eigenvalue weighted by atomic mass is 16.5. The molecule has 1 aliphatic rings. The van der Waals surface area contributed by atoms with E-state index >= 15 is 0 Å². The molecule has 1 fully saturated rings. The number of hydrogen-bond donors (Lipinski definition) is 1. The standard InChI is InChI=1S/C17H32N4O3/c1-5-6-7-10-13-24-17(23)19-15(20(2)3)21(4)16(22)18-14-11-8-9-12-14/h14H,5-13H2,1-4H3,(H,18,22)/b19-15-. The molecule has 0 saturated heterocycles. The normalized spacial score (nSPS) is 15.2. The van der Waals surface area contributed by atoms with E-state index < -0.39 is 6.09 Å². The van der Waals surface area contributed by atoms with Crippen LogP contribution in [0.25, 0.3) is 0 Å². The summed E-state index contributed by atoms with van der Waals surface area (Å²) < 4.78 is 5.12. The van der Waals surface area contributed by atoms with Crippen LogP contribution in [0.4, 0.5) is 9.59 Å². The van der Waals surface area contributed by atoms with Crippen LogP contribution in [0.1, 0.15) is 58.3 Å². The molecule has 3 amide bonds. The van der Waals surface area contributed by atoms with Crippen LogP contribution < -0.4 is 5.32 Å². The fourth-order valence-electron chi connectivity index (χ4n) is 2.71. The van der Waals surface area contributed by atoms with E-state index in [1.165, 1.54) is 4.90 Å². The van der Waals surface area contributed by atoms with Crippen molar-refractivity contribution < 1.29 is 14.3 Å². The van der Waals surface area contributed by atoms with Crippen molar-refractivity contribution in [3.63, 3.8) is 0 Å². The third kappa shape index (κ3) is 7.19. The van der Waals surface area contributed by atoms with Gasteiger partial charge in [0.2, 0.25) is 5.96 Å². The number of carbonyl (C=O) groups excluding carboxylic acids is 2. The Kier molecular flexibility index (Phi) is 9.19. The van der Waals surface area contributed by atoms with E-state index in [1.807, 2.05) is 0 Å². The molecule has 1 N–H and O–H groups in total. The van der Waals surface area contributed by atoms with Crippen molar-refractivity contribution >= 4 is 18.1 Å². The lowest BCUT2D eigenvalue weighted by molar-refractivity contribution is 0.154. The number of urea groups is 1. The molecule has 1 saturated carbocycles. The van der Waals surface area contributed by atoms with Crippen LogP contribution in [0, 0.1) is 0 Å². The minimum atomic E-state index is -0.657. The van der Waals surface area contributed by atoms with E-state index in [0.29, 0.717) is 6.61 Å². The minimum absolute atomic E-state index is 0.217. The smallest absolute Gasteiger partial charge is 0.436 e. The van der Waals surface area contributed by atoms with Crippen LogP contribution >= 0.6 is 0 Å². The fraction of sp³-hybridized carbons (Fsp3) is 0.824. The van der Waals surface area contributed by atoms with E-state index in [-0.39, 0.29) is 18.0 Å². The first-order chi connectivity index (χ1) is 11.5. The molecule has 0 aromatic rings. The molecule has 0 unspecified atom stereocenters. The number of rotatable bonds is 6. The average Bonchev–Trinajstić information content (AvgIpc) is 3.04. The number of unbranched alkanes of at least 4 members (excludes halogenated alkanes) is 3. The van der Waals surface area contributed by atoms with Crippen molar-refractivity contribution in [3.05, 3.63) is 0 Å². The number of carbonyl (C=O) groups is 2. The van der Waals surface area contributed by atoms with E-state index in [0.717, 1.165) is 51.4 Å². The van der Waals surface area contributed by atoms with Crippen molar-refractivity contribution in [2.24, 2.45) is 4.99 Å². The largest absolute Gasteiger partial charge is 0.448 e. The number of nitrogens with zero attached hydrogens (tertiary/aromatic N) is 3. The number of nitrogens with one attached hydrogen (secondary N) is 1. The van der Waals surface area contributed by atoms with Gasteiger partial charge in [-0.25, -0.2) is 9.59 Å². The first-order valence-electron chi connectivity index (χ1n) is 8.92. The van der Waals surface area contributed by atoms with Crippen LogP contribution in [-0.4, -0.2) is 61.7 Å². The second kappa shape index (κ2) is 10.9. The Morgan fingerprint density at radius 2 is 1.79 bits per heavy atom. The Labute approximate surface area is 145 Å². The van der Waals surface area contributed by atoms with Crippen LogP contribution in [0.3, 0.4) is 0 Å². The van der Waals surface area contributed by atoms with Crippen LogP contribution in [-0.2, 0) is 4.74 Å². The predicted molar refractivity (Wildman–Crippen MR) is 95.2 cm³/mol. The Morgan fingerprint density at radius 1 is 1.12 bits per heavy atom. The molecule has 1 aliphatic carbocycles. The second-order valence-corrected chi connectivity index (χ2v) is 6.47. The highest BCUT2D eigenvalue weighted by Crippen LogP contribution is 2.17. The van der Waals surface area contributed by atoms with Gasteiger partial charge in [0, 0.05) is 27.2 Å². The molecule has 0 aromatic heterocycles. The van der Waals surface area contributed by atoms with Gasteiger partial charge in [-0.2, -0.15) is 0 Å². The van der Waals surface area contributed by atoms with Crippen molar-refractivity contribution in [2.75, 3.05) is 27.7 Å². The van der Waals surface area contributed by atoms with Crippen LogP contribution in [0.2, 0.25) is 0 Å². The summed E-state index contributed by atoms with van der Waals surface area (Å²) >= 11 is 0. The molecule has 7 nitrogen and oxygen atoms in total. The summed E-state index contributed by atoms with van der Waals surface area (Å²) in [5.74, 6) is 0.268. The molecule has 0 aliphatic heterocycles. The van der Waals surface area contributed by atoms with Gasteiger partial charge in [-0.15, -0.1) is 4.99 Å².